The second-order valence-electron chi connectivity index (χ2n) is 8.97. The summed E-state index contributed by atoms with van der Waals surface area (Å²) in [5, 5.41) is 26.5. The minimum atomic E-state index is -1.41. The molecule has 0 unspecified atom stereocenters. The van der Waals surface area contributed by atoms with Crippen molar-refractivity contribution in [2.24, 2.45) is 0 Å². The van der Waals surface area contributed by atoms with Crippen LogP contribution in [-0.2, 0) is 13.1 Å². The van der Waals surface area contributed by atoms with Gasteiger partial charge in [0.05, 0.1) is 29.8 Å². The number of alkyl halides is 1. The number of halogens is 1. The SMILES string of the molecule is CN(CCO)c1cc2c(cc1NC(=O)c1cnn3cccnc13)CN(C[C@@H](F)C(C)(C)O)C2. The number of benzene rings is 1. The van der Waals surface area contributed by atoms with E-state index in [2.05, 4.69) is 15.4 Å². The Hall–Kier alpha value is -3.08. The summed E-state index contributed by atoms with van der Waals surface area (Å²) in [4.78, 5) is 21.1. The summed E-state index contributed by atoms with van der Waals surface area (Å²) in [6.45, 7) is 4.43. The first-order valence-corrected chi connectivity index (χ1v) is 10.8. The van der Waals surface area contributed by atoms with Gasteiger partial charge >= 0.3 is 0 Å². The Morgan fingerprint density at radius 3 is 2.76 bits per heavy atom. The Bertz CT molecular complexity index is 1160. The summed E-state index contributed by atoms with van der Waals surface area (Å²) in [6, 6.07) is 5.59. The first-order chi connectivity index (χ1) is 15.7. The van der Waals surface area contributed by atoms with E-state index in [1.807, 2.05) is 29.0 Å². The second-order valence-corrected chi connectivity index (χ2v) is 8.97. The number of aliphatic hydroxyl groups excluding tert-OH is 1. The summed E-state index contributed by atoms with van der Waals surface area (Å²) < 4.78 is 16.0. The maximum Gasteiger partial charge on any atom is 0.261 e. The van der Waals surface area contributed by atoms with Crippen LogP contribution in [0.2, 0.25) is 0 Å². The molecule has 1 atom stereocenters. The highest BCUT2D eigenvalue weighted by atomic mass is 19.1. The second kappa shape index (κ2) is 9.05. The van der Waals surface area contributed by atoms with E-state index in [-0.39, 0.29) is 19.1 Å². The van der Waals surface area contributed by atoms with Crippen LogP contribution in [0.5, 0.6) is 0 Å². The lowest BCUT2D eigenvalue weighted by molar-refractivity contribution is -0.0191. The number of aromatic nitrogens is 3. The zero-order chi connectivity index (χ0) is 23.8. The topological polar surface area (TPSA) is 106 Å². The third kappa shape index (κ3) is 4.82. The van der Waals surface area contributed by atoms with Gasteiger partial charge in [0.25, 0.3) is 5.91 Å². The largest absolute Gasteiger partial charge is 0.395 e. The van der Waals surface area contributed by atoms with Gasteiger partial charge in [0.1, 0.15) is 11.7 Å². The van der Waals surface area contributed by atoms with Crippen LogP contribution in [0.4, 0.5) is 15.8 Å². The molecule has 0 aliphatic carbocycles. The fourth-order valence-electron chi connectivity index (χ4n) is 3.95. The maximum atomic E-state index is 14.4. The van der Waals surface area contributed by atoms with Gasteiger partial charge in [-0.3, -0.25) is 9.69 Å². The summed E-state index contributed by atoms with van der Waals surface area (Å²) in [5.74, 6) is -0.344. The fraction of sp³-hybridized carbons (Fsp3) is 0.435. The molecule has 0 radical (unpaired) electrons. The van der Waals surface area contributed by atoms with Gasteiger partial charge in [-0.05, 0) is 43.2 Å². The number of rotatable bonds is 8. The van der Waals surface area contributed by atoms with Crippen LogP contribution in [0.15, 0.2) is 36.8 Å². The van der Waals surface area contributed by atoms with E-state index in [0.29, 0.717) is 36.5 Å². The molecular formula is C23H29FN6O3. The van der Waals surface area contributed by atoms with E-state index >= 15 is 0 Å². The summed E-state index contributed by atoms with van der Waals surface area (Å²) in [6.07, 6.45) is 3.41. The van der Waals surface area contributed by atoms with Gasteiger partial charge in [0.15, 0.2) is 5.65 Å². The molecule has 3 heterocycles. The van der Waals surface area contributed by atoms with E-state index in [1.165, 1.54) is 24.6 Å². The average molecular weight is 457 g/mol. The van der Waals surface area contributed by atoms with Gasteiger partial charge in [-0.25, -0.2) is 13.9 Å². The van der Waals surface area contributed by atoms with E-state index in [0.717, 1.165) is 16.8 Å². The molecule has 0 bridgehead atoms. The van der Waals surface area contributed by atoms with Crippen molar-refractivity contribution in [3.63, 3.8) is 0 Å². The molecule has 10 heteroatoms. The number of carbonyl (C=O) groups excluding carboxylic acids is 1. The maximum absolute atomic E-state index is 14.4. The molecule has 9 nitrogen and oxygen atoms in total. The van der Waals surface area contributed by atoms with Crippen molar-refractivity contribution in [2.75, 3.05) is 37.0 Å². The number of amides is 1. The molecule has 3 aromatic rings. The van der Waals surface area contributed by atoms with Crippen LogP contribution < -0.4 is 10.2 Å². The summed E-state index contributed by atoms with van der Waals surface area (Å²) >= 11 is 0. The number of hydrogen-bond donors (Lipinski definition) is 3. The normalized spacial score (nSPS) is 15.0. The molecule has 33 heavy (non-hydrogen) atoms. The predicted octanol–water partition coefficient (Wildman–Crippen LogP) is 1.83. The lowest BCUT2D eigenvalue weighted by atomic mass is 10.0. The van der Waals surface area contributed by atoms with Crippen molar-refractivity contribution < 1.29 is 19.4 Å². The third-order valence-electron chi connectivity index (χ3n) is 5.91. The number of nitrogens with zero attached hydrogens (tertiary/aromatic N) is 5. The highest BCUT2D eigenvalue weighted by Crippen LogP contribution is 2.35. The van der Waals surface area contributed by atoms with Crippen LogP contribution in [0, 0.1) is 0 Å². The van der Waals surface area contributed by atoms with Gasteiger partial charge in [-0.15, -0.1) is 0 Å². The third-order valence-corrected chi connectivity index (χ3v) is 5.91. The van der Waals surface area contributed by atoms with Crippen LogP contribution in [0.3, 0.4) is 0 Å². The highest BCUT2D eigenvalue weighted by Gasteiger charge is 2.31. The first-order valence-electron chi connectivity index (χ1n) is 10.8. The number of fused-ring (bicyclic) bond motifs is 2. The van der Waals surface area contributed by atoms with Crippen molar-refractivity contribution in [3.8, 4) is 0 Å². The van der Waals surface area contributed by atoms with Crippen LogP contribution in [0.25, 0.3) is 5.65 Å². The Morgan fingerprint density at radius 2 is 2.06 bits per heavy atom. The molecular weight excluding hydrogens is 427 g/mol. The smallest absolute Gasteiger partial charge is 0.261 e. The fourth-order valence-corrected chi connectivity index (χ4v) is 3.95. The van der Waals surface area contributed by atoms with Crippen LogP contribution >= 0.6 is 0 Å². The molecule has 176 valence electrons. The molecule has 0 spiro atoms. The van der Waals surface area contributed by atoms with Gasteiger partial charge in [0, 0.05) is 45.6 Å². The van der Waals surface area contributed by atoms with E-state index in [4.69, 9.17) is 0 Å². The molecule has 1 aliphatic rings. The van der Waals surface area contributed by atoms with Crippen molar-refractivity contribution in [1.82, 2.24) is 19.5 Å². The van der Waals surface area contributed by atoms with Gasteiger partial charge in [-0.1, -0.05) is 0 Å². The number of carbonyl (C=O) groups is 1. The van der Waals surface area contributed by atoms with Crippen molar-refractivity contribution in [3.05, 3.63) is 53.5 Å². The van der Waals surface area contributed by atoms with Crippen LogP contribution in [0.1, 0.15) is 35.3 Å². The minimum absolute atomic E-state index is 0.0415. The zero-order valence-electron chi connectivity index (χ0n) is 19.0. The molecule has 4 rings (SSSR count). The quantitative estimate of drug-likeness (QED) is 0.475. The molecule has 1 aromatic carbocycles. The van der Waals surface area contributed by atoms with Crippen molar-refractivity contribution in [1.29, 1.82) is 0 Å². The monoisotopic (exact) mass is 456 g/mol. The molecule has 2 aromatic heterocycles. The molecule has 3 N–H and O–H groups in total. The van der Waals surface area contributed by atoms with Crippen LogP contribution in [-0.4, -0.2) is 74.1 Å². The van der Waals surface area contributed by atoms with Crippen molar-refractivity contribution in [2.45, 2.75) is 38.7 Å². The number of likely N-dealkylation sites (N-methyl/N-ethyl adjacent to an activating group) is 1. The van der Waals surface area contributed by atoms with Gasteiger partial charge in [-0.2, -0.15) is 5.10 Å². The van der Waals surface area contributed by atoms with Crippen molar-refractivity contribution >= 4 is 22.9 Å². The lowest BCUT2D eigenvalue weighted by Gasteiger charge is -2.26. The first kappa shape index (κ1) is 23.1. The number of nitrogens with one attached hydrogen (secondary N) is 1. The Labute approximate surface area is 191 Å². The average Bonchev–Trinajstić information content (AvgIpc) is 3.35. The number of aliphatic hydroxyl groups is 2. The number of hydrogen-bond acceptors (Lipinski definition) is 7. The van der Waals surface area contributed by atoms with E-state index < -0.39 is 11.8 Å². The standard InChI is InChI=1S/C23H29FN6O3/c1-23(2,33)20(24)14-29-12-15-9-18(19(10-16(15)13-29)28(3)7-8-31)27-22(32)17-11-26-30-6-4-5-25-21(17)30/h4-6,9-11,20,31,33H,7-8,12-14H2,1-3H3,(H,27,32)/t20-/m1/s1. The molecule has 0 saturated heterocycles. The lowest BCUT2D eigenvalue weighted by Crippen LogP contribution is -2.40. The Morgan fingerprint density at radius 1 is 1.33 bits per heavy atom. The molecule has 0 fully saturated rings. The van der Waals surface area contributed by atoms with Gasteiger partial charge in [0.2, 0.25) is 0 Å². The summed E-state index contributed by atoms with van der Waals surface area (Å²) in [5.41, 5.74) is 2.73. The molecule has 1 amide bonds. The van der Waals surface area contributed by atoms with E-state index in [1.54, 1.807) is 18.5 Å². The Balaban J connectivity index is 1.61. The minimum Gasteiger partial charge on any atom is -0.395 e. The predicted molar refractivity (Wildman–Crippen MR) is 123 cm³/mol. The Kier molecular flexibility index (Phi) is 6.33. The summed E-state index contributed by atoms with van der Waals surface area (Å²) in [7, 11) is 1.84. The number of anilines is 2. The van der Waals surface area contributed by atoms with Gasteiger partial charge < -0.3 is 20.4 Å². The zero-order valence-corrected chi connectivity index (χ0v) is 19.0. The molecule has 1 aliphatic heterocycles. The highest BCUT2D eigenvalue weighted by molar-refractivity contribution is 6.09. The molecule has 0 saturated carbocycles. The van der Waals surface area contributed by atoms with E-state index in [9.17, 15) is 19.4 Å².